The zero-order chi connectivity index (χ0) is 9.23. The quantitative estimate of drug-likeness (QED) is 0.515. The Kier molecular flexibility index (Phi) is 8.95. The molecule has 0 aromatic carbocycles. The Morgan fingerprint density at radius 2 is 1.33 bits per heavy atom. The monoisotopic (exact) mass is 172 g/mol. The Hall–Kier alpha value is -0.0800. The van der Waals surface area contributed by atoms with Gasteiger partial charge < -0.3 is 4.90 Å². The van der Waals surface area contributed by atoms with E-state index in [0.29, 0.717) is 0 Å². The van der Waals surface area contributed by atoms with Crippen molar-refractivity contribution in [3.63, 3.8) is 0 Å². The van der Waals surface area contributed by atoms with Crippen molar-refractivity contribution in [2.45, 2.75) is 38.5 Å². The molecule has 12 heavy (non-hydrogen) atoms. The largest absolute Gasteiger partial charge is 0.309 e. The molecule has 2 nitrogen and oxygen atoms in total. The summed E-state index contributed by atoms with van der Waals surface area (Å²) in [7, 11) is 4.22. The van der Waals surface area contributed by atoms with E-state index < -0.39 is 0 Å². The minimum Gasteiger partial charge on any atom is -0.309 e. The van der Waals surface area contributed by atoms with E-state index in [1.807, 2.05) is 0 Å². The molecule has 0 spiro atoms. The fraction of sp³-hybridized carbons (Fsp3) is 1.00. The fourth-order valence-corrected chi connectivity index (χ4v) is 1.24. The van der Waals surface area contributed by atoms with Crippen LogP contribution in [0, 0.1) is 0 Å². The molecule has 0 saturated heterocycles. The molecule has 0 rings (SSSR count). The summed E-state index contributed by atoms with van der Waals surface area (Å²) in [6, 6.07) is 0. The van der Waals surface area contributed by atoms with Crippen molar-refractivity contribution in [1.29, 1.82) is 0 Å². The van der Waals surface area contributed by atoms with Gasteiger partial charge in [-0.25, -0.2) is 5.11 Å². The first-order valence-corrected chi connectivity index (χ1v) is 5.00. The van der Waals surface area contributed by atoms with Gasteiger partial charge in [0.25, 0.3) is 0 Å². The lowest BCUT2D eigenvalue weighted by molar-refractivity contribution is 0.186. The zero-order valence-electron chi connectivity index (χ0n) is 8.51. The van der Waals surface area contributed by atoms with Gasteiger partial charge in [-0.3, -0.25) is 0 Å². The highest BCUT2D eigenvalue weighted by molar-refractivity contribution is 4.47. The van der Waals surface area contributed by atoms with Crippen LogP contribution in [0.3, 0.4) is 0 Å². The Morgan fingerprint density at radius 3 is 1.83 bits per heavy atom. The molecule has 0 aromatic rings. The second-order valence-corrected chi connectivity index (χ2v) is 3.63. The normalized spacial score (nSPS) is 11.0. The standard InChI is InChI=1S/C10H22NO/c1-11(2)9-7-5-3-4-6-8-10-12/h3-10H2,1-2H3. The molecule has 2 heteroatoms. The third kappa shape index (κ3) is 9.92. The smallest absolute Gasteiger partial charge is 0.0822 e. The van der Waals surface area contributed by atoms with Crippen LogP contribution in [0.25, 0.3) is 0 Å². The molecule has 0 fully saturated rings. The van der Waals surface area contributed by atoms with Gasteiger partial charge in [0.05, 0.1) is 6.61 Å². The fourth-order valence-electron chi connectivity index (χ4n) is 1.24. The molecule has 0 saturated carbocycles. The summed E-state index contributed by atoms with van der Waals surface area (Å²) in [5.74, 6) is 0. The topological polar surface area (TPSA) is 23.1 Å². The van der Waals surface area contributed by atoms with E-state index in [1.54, 1.807) is 0 Å². The van der Waals surface area contributed by atoms with Gasteiger partial charge in [0.2, 0.25) is 0 Å². The molecule has 0 aliphatic heterocycles. The number of rotatable bonds is 8. The first-order chi connectivity index (χ1) is 5.77. The molecule has 0 unspecified atom stereocenters. The third-order valence-corrected chi connectivity index (χ3v) is 2.00. The number of hydrogen-bond donors (Lipinski definition) is 0. The van der Waals surface area contributed by atoms with Gasteiger partial charge in [0, 0.05) is 0 Å². The maximum Gasteiger partial charge on any atom is 0.0822 e. The summed E-state index contributed by atoms with van der Waals surface area (Å²) in [5.41, 5.74) is 0. The minimum absolute atomic E-state index is 0.109. The molecule has 0 amide bonds. The number of nitrogens with zero attached hydrogens (tertiary/aromatic N) is 1. The molecule has 0 atom stereocenters. The van der Waals surface area contributed by atoms with E-state index in [4.69, 9.17) is 0 Å². The summed E-state index contributed by atoms with van der Waals surface area (Å²) < 4.78 is 0. The van der Waals surface area contributed by atoms with Crippen LogP contribution in [-0.2, 0) is 5.11 Å². The lowest BCUT2D eigenvalue weighted by Gasteiger charge is -2.08. The Morgan fingerprint density at radius 1 is 0.833 bits per heavy atom. The van der Waals surface area contributed by atoms with Crippen molar-refractivity contribution in [3.8, 4) is 0 Å². The van der Waals surface area contributed by atoms with Crippen molar-refractivity contribution in [1.82, 2.24) is 4.90 Å². The van der Waals surface area contributed by atoms with Gasteiger partial charge in [-0.05, 0) is 33.5 Å². The number of hydrogen-bond acceptors (Lipinski definition) is 1. The van der Waals surface area contributed by atoms with Gasteiger partial charge in [-0.1, -0.05) is 25.7 Å². The molecule has 0 aliphatic carbocycles. The Bertz CT molecular complexity index is 83.9. The van der Waals surface area contributed by atoms with Crippen LogP contribution in [0.5, 0.6) is 0 Å². The van der Waals surface area contributed by atoms with Gasteiger partial charge in [-0.15, -0.1) is 0 Å². The summed E-state index contributed by atoms with van der Waals surface area (Å²) in [6.45, 7) is 1.30. The maximum atomic E-state index is 10.1. The second kappa shape index (κ2) is 9.01. The van der Waals surface area contributed by atoms with Gasteiger partial charge in [0.1, 0.15) is 0 Å². The summed E-state index contributed by atoms with van der Waals surface area (Å²) >= 11 is 0. The molecular formula is C10H22NO. The highest BCUT2D eigenvalue weighted by atomic mass is 16.2. The minimum atomic E-state index is 0.109. The molecule has 0 N–H and O–H groups in total. The van der Waals surface area contributed by atoms with Crippen LogP contribution < -0.4 is 0 Å². The molecular weight excluding hydrogens is 150 g/mol. The average molecular weight is 172 g/mol. The summed E-state index contributed by atoms with van der Waals surface area (Å²) in [5, 5.41) is 10.1. The number of unbranched alkanes of at least 4 members (excludes halogenated alkanes) is 5. The SMILES string of the molecule is CN(C)CCCCCCCC[O]. The molecule has 0 bridgehead atoms. The van der Waals surface area contributed by atoms with Crippen molar-refractivity contribution >= 4 is 0 Å². The van der Waals surface area contributed by atoms with Crippen LogP contribution in [-0.4, -0.2) is 32.1 Å². The van der Waals surface area contributed by atoms with Crippen molar-refractivity contribution in [2.75, 3.05) is 27.2 Å². The molecule has 0 aromatic heterocycles. The van der Waals surface area contributed by atoms with E-state index in [1.165, 1.54) is 32.2 Å². The summed E-state index contributed by atoms with van der Waals surface area (Å²) in [4.78, 5) is 2.22. The predicted octanol–water partition coefficient (Wildman–Crippen LogP) is 2.32. The van der Waals surface area contributed by atoms with Crippen LogP contribution >= 0.6 is 0 Å². The van der Waals surface area contributed by atoms with E-state index in [-0.39, 0.29) is 6.61 Å². The van der Waals surface area contributed by atoms with E-state index in [0.717, 1.165) is 12.8 Å². The van der Waals surface area contributed by atoms with E-state index in [9.17, 15) is 5.11 Å². The highest BCUT2D eigenvalue weighted by Gasteiger charge is 1.92. The Balaban J connectivity index is 2.82. The lowest BCUT2D eigenvalue weighted by atomic mass is 10.1. The van der Waals surface area contributed by atoms with Gasteiger partial charge in [0.15, 0.2) is 0 Å². The summed E-state index contributed by atoms with van der Waals surface area (Å²) in [6.07, 6.45) is 7.16. The van der Waals surface area contributed by atoms with Crippen molar-refractivity contribution in [3.05, 3.63) is 0 Å². The molecule has 73 valence electrons. The van der Waals surface area contributed by atoms with Crippen LogP contribution in [0.15, 0.2) is 0 Å². The van der Waals surface area contributed by atoms with Crippen LogP contribution in [0.2, 0.25) is 0 Å². The lowest BCUT2D eigenvalue weighted by Crippen LogP contribution is -2.12. The zero-order valence-corrected chi connectivity index (χ0v) is 8.51. The van der Waals surface area contributed by atoms with Crippen molar-refractivity contribution < 1.29 is 5.11 Å². The van der Waals surface area contributed by atoms with Gasteiger partial charge in [-0.2, -0.15) is 0 Å². The Labute approximate surface area is 76.6 Å². The van der Waals surface area contributed by atoms with Gasteiger partial charge >= 0.3 is 0 Å². The third-order valence-electron chi connectivity index (χ3n) is 2.00. The first kappa shape index (κ1) is 11.9. The van der Waals surface area contributed by atoms with Crippen LogP contribution in [0.1, 0.15) is 38.5 Å². The van der Waals surface area contributed by atoms with E-state index in [2.05, 4.69) is 19.0 Å². The van der Waals surface area contributed by atoms with Crippen LogP contribution in [0.4, 0.5) is 0 Å². The predicted molar refractivity (Wildman–Crippen MR) is 51.8 cm³/mol. The highest BCUT2D eigenvalue weighted by Crippen LogP contribution is 2.04. The van der Waals surface area contributed by atoms with Crippen molar-refractivity contribution in [2.24, 2.45) is 0 Å². The molecule has 0 aliphatic rings. The van der Waals surface area contributed by atoms with E-state index >= 15 is 0 Å². The molecule has 0 heterocycles. The average Bonchev–Trinajstić information content (AvgIpc) is 2.02. The maximum absolute atomic E-state index is 10.1. The molecule has 1 radical (unpaired) electrons. The first-order valence-electron chi connectivity index (χ1n) is 5.00. The second-order valence-electron chi connectivity index (χ2n) is 3.63.